The molecule has 2 unspecified atom stereocenters. The zero-order chi connectivity index (χ0) is 10.9. The van der Waals surface area contributed by atoms with Gasteiger partial charge in [0.2, 0.25) is 0 Å². The van der Waals surface area contributed by atoms with Crippen molar-refractivity contribution in [1.29, 1.82) is 0 Å². The molecular weight excluding hydrogens is 266 g/mol. The van der Waals surface area contributed by atoms with Gasteiger partial charge in [0.15, 0.2) is 0 Å². The lowest BCUT2D eigenvalue weighted by molar-refractivity contribution is 0.0720. The second kappa shape index (κ2) is 2.90. The summed E-state index contributed by atoms with van der Waals surface area (Å²) in [5.41, 5.74) is 4.18. The van der Waals surface area contributed by atoms with Gasteiger partial charge in [0.25, 0.3) is 0 Å². The summed E-state index contributed by atoms with van der Waals surface area (Å²) < 4.78 is 9.40. The van der Waals surface area contributed by atoms with Gasteiger partial charge < -0.3 is 9.30 Å². The summed E-state index contributed by atoms with van der Waals surface area (Å²) in [6.45, 7) is 0. The maximum absolute atomic E-state index is 6.00. The van der Waals surface area contributed by atoms with Gasteiger partial charge in [0.1, 0.15) is 0 Å². The van der Waals surface area contributed by atoms with E-state index in [9.17, 15) is 0 Å². The van der Waals surface area contributed by atoms with Crippen LogP contribution in [0.15, 0.2) is 22.8 Å². The SMILES string of the molecule is Cn1ccc2c(Br)cc3c(c21)C1CCC3O1. The number of hydrogen-bond acceptors (Lipinski definition) is 1. The van der Waals surface area contributed by atoms with Crippen LogP contribution in [0.25, 0.3) is 10.9 Å². The minimum Gasteiger partial charge on any atom is -0.366 e. The smallest absolute Gasteiger partial charge is 0.0858 e. The summed E-state index contributed by atoms with van der Waals surface area (Å²) in [6.07, 6.45) is 5.17. The normalized spacial score (nSPS) is 26.6. The number of nitrogens with zero attached hydrogens (tertiary/aromatic N) is 1. The number of rotatable bonds is 0. The van der Waals surface area contributed by atoms with Gasteiger partial charge in [-0.25, -0.2) is 0 Å². The van der Waals surface area contributed by atoms with Crippen molar-refractivity contribution in [3.8, 4) is 0 Å². The Morgan fingerprint density at radius 2 is 2.19 bits per heavy atom. The van der Waals surface area contributed by atoms with E-state index in [1.807, 2.05) is 0 Å². The first kappa shape index (κ1) is 9.25. The molecule has 4 rings (SSSR count). The van der Waals surface area contributed by atoms with Gasteiger partial charge >= 0.3 is 0 Å². The van der Waals surface area contributed by atoms with Crippen LogP contribution in [0.1, 0.15) is 36.2 Å². The molecule has 82 valence electrons. The van der Waals surface area contributed by atoms with Crippen LogP contribution in [0.4, 0.5) is 0 Å². The van der Waals surface area contributed by atoms with E-state index >= 15 is 0 Å². The summed E-state index contributed by atoms with van der Waals surface area (Å²) in [7, 11) is 2.11. The van der Waals surface area contributed by atoms with Crippen molar-refractivity contribution in [2.75, 3.05) is 0 Å². The van der Waals surface area contributed by atoms with Crippen LogP contribution in [0.3, 0.4) is 0 Å². The minimum absolute atomic E-state index is 0.337. The highest BCUT2D eigenvalue weighted by Gasteiger charge is 2.40. The van der Waals surface area contributed by atoms with Crippen LogP contribution in [0.2, 0.25) is 0 Å². The second-order valence-corrected chi connectivity index (χ2v) is 5.60. The molecule has 2 aliphatic heterocycles. The fourth-order valence-corrected chi connectivity index (χ4v) is 3.74. The van der Waals surface area contributed by atoms with Gasteiger partial charge in [-0.05, 0) is 30.5 Å². The van der Waals surface area contributed by atoms with Gasteiger partial charge in [0, 0.05) is 28.7 Å². The van der Waals surface area contributed by atoms with E-state index in [2.05, 4.69) is 45.9 Å². The number of aromatic nitrogens is 1. The number of halogens is 1. The Hall–Kier alpha value is -0.800. The third-order valence-corrected chi connectivity index (χ3v) is 4.52. The van der Waals surface area contributed by atoms with Crippen molar-refractivity contribution in [2.45, 2.75) is 25.0 Å². The molecule has 2 aromatic rings. The van der Waals surface area contributed by atoms with Crippen molar-refractivity contribution in [2.24, 2.45) is 7.05 Å². The Bertz CT molecular complexity index is 601. The lowest BCUT2D eigenvalue weighted by atomic mass is 9.90. The van der Waals surface area contributed by atoms with Gasteiger partial charge in [-0.3, -0.25) is 0 Å². The third-order valence-electron chi connectivity index (χ3n) is 3.87. The van der Waals surface area contributed by atoms with Crippen molar-refractivity contribution in [3.05, 3.63) is 33.9 Å². The molecule has 0 N–H and O–H groups in total. The summed E-state index contributed by atoms with van der Waals surface area (Å²) >= 11 is 3.67. The number of ether oxygens (including phenoxy) is 1. The summed E-state index contributed by atoms with van der Waals surface area (Å²) in [6, 6.07) is 4.42. The quantitative estimate of drug-likeness (QED) is 0.714. The van der Waals surface area contributed by atoms with E-state index in [-0.39, 0.29) is 0 Å². The Morgan fingerprint density at radius 3 is 3.06 bits per heavy atom. The summed E-state index contributed by atoms with van der Waals surface area (Å²) in [4.78, 5) is 0. The Kier molecular flexibility index (Phi) is 1.68. The standard InChI is InChI=1S/C13H12BrNO/c1-15-5-4-7-9(14)6-8-10-2-3-11(16-10)12(8)13(7)15/h4-6,10-11H,2-3H2,1H3. The van der Waals surface area contributed by atoms with E-state index in [1.54, 1.807) is 0 Å². The molecule has 0 amide bonds. The topological polar surface area (TPSA) is 14.2 Å². The van der Waals surface area contributed by atoms with Crippen LogP contribution in [-0.4, -0.2) is 4.57 Å². The molecule has 1 fully saturated rings. The van der Waals surface area contributed by atoms with E-state index in [0.29, 0.717) is 12.2 Å². The third kappa shape index (κ3) is 0.962. The minimum atomic E-state index is 0.337. The highest BCUT2D eigenvalue weighted by molar-refractivity contribution is 9.10. The van der Waals surface area contributed by atoms with Crippen molar-refractivity contribution < 1.29 is 4.74 Å². The molecule has 16 heavy (non-hydrogen) atoms. The molecule has 1 aromatic carbocycles. The highest BCUT2D eigenvalue weighted by Crippen LogP contribution is 2.53. The van der Waals surface area contributed by atoms with Gasteiger partial charge in [-0.15, -0.1) is 0 Å². The first-order chi connectivity index (χ1) is 7.75. The fourth-order valence-electron chi connectivity index (χ4n) is 3.17. The number of fused-ring (bicyclic) bond motifs is 7. The molecule has 2 aliphatic rings. The Balaban J connectivity index is 2.18. The van der Waals surface area contributed by atoms with E-state index in [4.69, 9.17) is 4.74 Å². The van der Waals surface area contributed by atoms with E-state index in [1.165, 1.54) is 39.3 Å². The molecule has 0 saturated carbocycles. The first-order valence-electron chi connectivity index (χ1n) is 5.68. The van der Waals surface area contributed by atoms with Gasteiger partial charge in [0.05, 0.1) is 17.7 Å². The monoisotopic (exact) mass is 277 g/mol. The molecule has 2 nitrogen and oxygen atoms in total. The van der Waals surface area contributed by atoms with Crippen molar-refractivity contribution in [1.82, 2.24) is 4.57 Å². The van der Waals surface area contributed by atoms with Gasteiger partial charge in [-0.2, -0.15) is 0 Å². The maximum atomic E-state index is 6.00. The van der Waals surface area contributed by atoms with Crippen LogP contribution in [-0.2, 0) is 11.8 Å². The molecule has 3 heterocycles. The second-order valence-electron chi connectivity index (χ2n) is 4.74. The highest BCUT2D eigenvalue weighted by atomic mass is 79.9. The zero-order valence-corrected chi connectivity index (χ0v) is 10.6. The largest absolute Gasteiger partial charge is 0.366 e. The number of aryl methyl sites for hydroxylation is 1. The lowest BCUT2D eigenvalue weighted by Crippen LogP contribution is -2.01. The molecule has 0 spiro atoms. The number of hydrogen-bond donors (Lipinski definition) is 0. The molecule has 2 atom stereocenters. The zero-order valence-electron chi connectivity index (χ0n) is 9.03. The molecule has 1 aromatic heterocycles. The van der Waals surface area contributed by atoms with E-state index < -0.39 is 0 Å². The van der Waals surface area contributed by atoms with Crippen LogP contribution in [0, 0.1) is 0 Å². The van der Waals surface area contributed by atoms with Crippen LogP contribution >= 0.6 is 15.9 Å². The van der Waals surface area contributed by atoms with Crippen molar-refractivity contribution >= 4 is 26.8 Å². The average Bonchev–Trinajstić information content (AvgIpc) is 2.92. The average molecular weight is 278 g/mol. The van der Waals surface area contributed by atoms with E-state index in [0.717, 1.165) is 0 Å². The molecule has 0 aliphatic carbocycles. The first-order valence-corrected chi connectivity index (χ1v) is 6.48. The molecular formula is C13H12BrNO. The number of benzene rings is 1. The molecule has 1 saturated heterocycles. The van der Waals surface area contributed by atoms with Crippen LogP contribution in [0.5, 0.6) is 0 Å². The Labute approximate surface area is 102 Å². The lowest BCUT2D eigenvalue weighted by Gasteiger charge is -2.14. The molecule has 0 radical (unpaired) electrons. The Morgan fingerprint density at radius 1 is 1.38 bits per heavy atom. The molecule has 2 bridgehead atoms. The summed E-state index contributed by atoms with van der Waals surface area (Å²) in [5, 5.41) is 1.30. The predicted octanol–water partition coefficient (Wildman–Crippen LogP) is 3.85. The maximum Gasteiger partial charge on any atom is 0.0858 e. The fraction of sp³-hybridized carbons (Fsp3) is 0.385. The van der Waals surface area contributed by atoms with Gasteiger partial charge in [-0.1, -0.05) is 15.9 Å². The van der Waals surface area contributed by atoms with Crippen molar-refractivity contribution in [3.63, 3.8) is 0 Å². The van der Waals surface area contributed by atoms with Crippen LogP contribution < -0.4 is 0 Å². The predicted molar refractivity (Wildman–Crippen MR) is 66.4 cm³/mol. The summed E-state index contributed by atoms with van der Waals surface area (Å²) in [5.74, 6) is 0. The molecule has 3 heteroatoms.